The number of nitrogens with zero attached hydrogens (tertiary/aromatic N) is 1. The lowest BCUT2D eigenvalue weighted by molar-refractivity contribution is -0.142. The number of rotatable bonds is 8. The lowest BCUT2D eigenvalue weighted by Crippen LogP contribution is -2.22. The van der Waals surface area contributed by atoms with Crippen molar-refractivity contribution < 1.29 is 23.5 Å². The van der Waals surface area contributed by atoms with Crippen LogP contribution >= 0.6 is 34.5 Å². The van der Waals surface area contributed by atoms with Crippen LogP contribution < -0.4 is 15.5 Å². The number of hydrogen-bond acceptors (Lipinski definition) is 8. The first kappa shape index (κ1) is 24.7. The molecule has 0 aliphatic heterocycles. The molecular weight excluding hydrogens is 515 g/mol. The number of nitrogens with one attached hydrogen (secondary N) is 1. The van der Waals surface area contributed by atoms with Gasteiger partial charge < -0.3 is 13.9 Å². The number of fused-ring (bicyclic) bond motifs is 1. The Morgan fingerprint density at radius 3 is 2.60 bits per heavy atom. The van der Waals surface area contributed by atoms with E-state index in [0.717, 1.165) is 11.3 Å². The number of hydrogen-bond donors (Lipinski definition) is 1. The number of thiazole rings is 1. The zero-order valence-corrected chi connectivity index (χ0v) is 20.6. The number of esters is 1. The summed E-state index contributed by atoms with van der Waals surface area (Å²) in [7, 11) is 0. The molecule has 2 aromatic carbocycles. The molecule has 0 saturated carbocycles. The van der Waals surface area contributed by atoms with Crippen molar-refractivity contribution in [2.24, 2.45) is 0 Å². The number of anilines is 1. The van der Waals surface area contributed by atoms with Gasteiger partial charge in [-0.15, -0.1) is 11.3 Å². The lowest BCUT2D eigenvalue weighted by Gasteiger charge is -2.12. The minimum Gasteiger partial charge on any atom is -0.476 e. The van der Waals surface area contributed by atoms with E-state index in [9.17, 15) is 14.4 Å². The standard InChI is InChI=1S/C24H18Cl2N2O6S/c1-2-32-20(30)10-16-12-35-24(27-16)28-19(29)11-33-23-21(31)17-9-15(26)7-8-18(17)34-22(23)13-3-5-14(25)6-4-13/h3-9,12H,2,10-11H2,1H3,(H,27,28,29). The Kier molecular flexibility index (Phi) is 7.70. The summed E-state index contributed by atoms with van der Waals surface area (Å²) >= 11 is 13.2. The van der Waals surface area contributed by atoms with Crippen LogP contribution in [0.15, 0.2) is 57.1 Å². The summed E-state index contributed by atoms with van der Waals surface area (Å²) < 4.78 is 16.5. The topological polar surface area (TPSA) is 108 Å². The summed E-state index contributed by atoms with van der Waals surface area (Å²) in [6.45, 7) is 1.51. The number of benzene rings is 2. The van der Waals surface area contributed by atoms with Crippen molar-refractivity contribution in [1.82, 2.24) is 4.98 Å². The molecule has 0 fully saturated rings. The number of ether oxygens (including phenoxy) is 2. The van der Waals surface area contributed by atoms with Crippen LogP contribution in [0, 0.1) is 0 Å². The number of halogens is 2. The highest BCUT2D eigenvalue weighted by molar-refractivity contribution is 7.13. The second-order valence-electron chi connectivity index (χ2n) is 7.20. The van der Waals surface area contributed by atoms with Gasteiger partial charge in [0.15, 0.2) is 17.5 Å². The maximum absolute atomic E-state index is 13.2. The molecule has 1 amide bonds. The summed E-state index contributed by atoms with van der Waals surface area (Å²) in [5.41, 5.74) is 0.861. The molecular formula is C24H18Cl2N2O6S. The van der Waals surface area contributed by atoms with E-state index in [1.54, 1.807) is 48.7 Å². The Bertz CT molecular complexity index is 1450. The summed E-state index contributed by atoms with van der Waals surface area (Å²) in [6.07, 6.45) is 0.00184. The van der Waals surface area contributed by atoms with Gasteiger partial charge in [0.2, 0.25) is 11.2 Å². The Labute approximate surface area is 213 Å². The quantitative estimate of drug-likeness (QED) is 0.305. The summed E-state index contributed by atoms with van der Waals surface area (Å²) in [4.78, 5) is 41.5. The lowest BCUT2D eigenvalue weighted by atomic mass is 10.1. The van der Waals surface area contributed by atoms with Gasteiger partial charge in [-0.1, -0.05) is 23.2 Å². The highest BCUT2D eigenvalue weighted by atomic mass is 35.5. The SMILES string of the molecule is CCOC(=O)Cc1csc(NC(=O)COc2c(-c3ccc(Cl)cc3)oc3ccc(Cl)cc3c2=O)n1. The van der Waals surface area contributed by atoms with Crippen LogP contribution in [0.25, 0.3) is 22.3 Å². The van der Waals surface area contributed by atoms with Gasteiger partial charge in [-0.2, -0.15) is 0 Å². The molecule has 4 aromatic rings. The molecule has 2 aromatic heterocycles. The van der Waals surface area contributed by atoms with Gasteiger partial charge in [0.05, 0.1) is 24.1 Å². The number of amides is 1. The second kappa shape index (κ2) is 10.9. The zero-order valence-electron chi connectivity index (χ0n) is 18.3. The van der Waals surface area contributed by atoms with Crippen molar-refractivity contribution in [2.45, 2.75) is 13.3 Å². The average Bonchev–Trinajstić information content (AvgIpc) is 3.25. The van der Waals surface area contributed by atoms with Crippen LogP contribution in [0.1, 0.15) is 12.6 Å². The fourth-order valence-electron chi connectivity index (χ4n) is 3.17. The minimum absolute atomic E-state index is 0.00184. The molecule has 8 nitrogen and oxygen atoms in total. The van der Waals surface area contributed by atoms with Crippen LogP contribution in [0.4, 0.5) is 5.13 Å². The van der Waals surface area contributed by atoms with E-state index in [4.69, 9.17) is 37.1 Å². The van der Waals surface area contributed by atoms with Crippen molar-refractivity contribution in [1.29, 1.82) is 0 Å². The first-order chi connectivity index (χ1) is 16.8. The van der Waals surface area contributed by atoms with Crippen molar-refractivity contribution in [3.8, 4) is 17.1 Å². The van der Waals surface area contributed by atoms with E-state index in [-0.39, 0.29) is 35.1 Å². The predicted molar refractivity (Wildman–Crippen MR) is 135 cm³/mol. The third-order valence-corrected chi connectivity index (χ3v) is 5.99. The van der Waals surface area contributed by atoms with Crippen LogP contribution in [-0.4, -0.2) is 30.1 Å². The van der Waals surface area contributed by atoms with E-state index < -0.39 is 23.9 Å². The van der Waals surface area contributed by atoms with E-state index >= 15 is 0 Å². The van der Waals surface area contributed by atoms with Gasteiger partial charge in [0, 0.05) is 21.0 Å². The maximum Gasteiger partial charge on any atom is 0.311 e. The Hall–Kier alpha value is -3.40. The van der Waals surface area contributed by atoms with Gasteiger partial charge in [-0.3, -0.25) is 19.7 Å². The van der Waals surface area contributed by atoms with Gasteiger partial charge in [-0.25, -0.2) is 4.98 Å². The number of carbonyl (C=O) groups is 2. The van der Waals surface area contributed by atoms with Crippen LogP contribution in [-0.2, 0) is 20.7 Å². The highest BCUT2D eigenvalue weighted by Crippen LogP contribution is 2.32. The molecule has 180 valence electrons. The van der Waals surface area contributed by atoms with Crippen molar-refractivity contribution >= 4 is 62.5 Å². The molecule has 0 saturated heterocycles. The normalized spacial score (nSPS) is 10.8. The van der Waals surface area contributed by atoms with E-state index in [1.165, 1.54) is 6.07 Å². The van der Waals surface area contributed by atoms with Crippen molar-refractivity contribution in [2.75, 3.05) is 18.5 Å². The summed E-state index contributed by atoms with van der Waals surface area (Å²) in [6, 6.07) is 11.3. The second-order valence-corrected chi connectivity index (χ2v) is 8.93. The molecule has 11 heteroatoms. The molecule has 1 N–H and O–H groups in total. The van der Waals surface area contributed by atoms with Crippen molar-refractivity contribution in [3.63, 3.8) is 0 Å². The summed E-state index contributed by atoms with van der Waals surface area (Å²) in [5.74, 6) is -0.939. The molecule has 2 heterocycles. The van der Waals surface area contributed by atoms with Gasteiger partial charge in [0.1, 0.15) is 5.58 Å². The average molecular weight is 533 g/mol. The van der Waals surface area contributed by atoms with E-state index in [0.29, 0.717) is 26.9 Å². The third kappa shape index (κ3) is 6.00. The van der Waals surface area contributed by atoms with E-state index in [1.807, 2.05) is 0 Å². The van der Waals surface area contributed by atoms with E-state index in [2.05, 4.69) is 10.3 Å². The van der Waals surface area contributed by atoms with Gasteiger partial charge in [-0.05, 0) is 49.4 Å². The molecule has 0 radical (unpaired) electrons. The molecule has 0 atom stereocenters. The first-order valence-electron chi connectivity index (χ1n) is 10.4. The third-order valence-electron chi connectivity index (χ3n) is 4.69. The minimum atomic E-state index is -0.547. The predicted octanol–water partition coefficient (Wildman–Crippen LogP) is 5.35. The zero-order chi connectivity index (χ0) is 24.9. The summed E-state index contributed by atoms with van der Waals surface area (Å²) in [5, 5.41) is 5.61. The molecule has 0 unspecified atom stereocenters. The van der Waals surface area contributed by atoms with Crippen LogP contribution in [0.3, 0.4) is 0 Å². The fraction of sp³-hybridized carbons (Fsp3) is 0.167. The monoisotopic (exact) mass is 532 g/mol. The molecule has 0 aliphatic rings. The Morgan fingerprint density at radius 1 is 1.11 bits per heavy atom. The molecule has 0 spiro atoms. The number of carbonyl (C=O) groups excluding carboxylic acids is 2. The van der Waals surface area contributed by atoms with Crippen LogP contribution in [0.2, 0.25) is 10.0 Å². The Balaban J connectivity index is 1.56. The molecule has 0 aliphatic carbocycles. The first-order valence-corrected chi connectivity index (χ1v) is 12.0. The van der Waals surface area contributed by atoms with Crippen molar-refractivity contribution in [3.05, 3.63) is 73.8 Å². The smallest absolute Gasteiger partial charge is 0.311 e. The Morgan fingerprint density at radius 2 is 1.86 bits per heavy atom. The van der Waals surface area contributed by atoms with Gasteiger partial charge in [0.25, 0.3) is 5.91 Å². The van der Waals surface area contributed by atoms with Gasteiger partial charge >= 0.3 is 5.97 Å². The molecule has 4 rings (SSSR count). The largest absolute Gasteiger partial charge is 0.476 e. The molecule has 35 heavy (non-hydrogen) atoms. The maximum atomic E-state index is 13.2. The fourth-order valence-corrected chi connectivity index (χ4v) is 4.20. The highest BCUT2D eigenvalue weighted by Gasteiger charge is 2.20. The molecule has 0 bridgehead atoms. The number of aromatic nitrogens is 1. The van der Waals surface area contributed by atoms with Crippen LogP contribution in [0.5, 0.6) is 5.75 Å².